The van der Waals surface area contributed by atoms with Crippen LogP contribution in [0, 0.1) is 5.41 Å². The maximum Gasteiger partial charge on any atom is 0.0175 e. The van der Waals surface area contributed by atoms with E-state index < -0.39 is 0 Å². The highest BCUT2D eigenvalue weighted by molar-refractivity contribution is 9.10. The molecule has 1 N–H and O–H groups in total. The van der Waals surface area contributed by atoms with Gasteiger partial charge in [-0.3, -0.25) is 0 Å². The van der Waals surface area contributed by atoms with E-state index in [4.69, 9.17) is 0 Å². The molecule has 1 nitrogen and oxygen atoms in total. The molecule has 1 aromatic carbocycles. The molecule has 0 saturated heterocycles. The molecule has 2 heteroatoms. The number of hydrogen-bond acceptors (Lipinski definition) is 1. The second-order valence-electron chi connectivity index (χ2n) is 6.33. The molecule has 2 aliphatic rings. The van der Waals surface area contributed by atoms with E-state index in [-0.39, 0.29) is 0 Å². The molecule has 1 aromatic rings. The van der Waals surface area contributed by atoms with Gasteiger partial charge in [0.05, 0.1) is 0 Å². The Morgan fingerprint density at radius 3 is 2.29 bits per heavy atom. The van der Waals surface area contributed by atoms with Gasteiger partial charge in [-0.1, -0.05) is 41.9 Å². The highest BCUT2D eigenvalue weighted by atomic mass is 79.9. The van der Waals surface area contributed by atoms with Crippen molar-refractivity contribution in [2.75, 3.05) is 0 Å². The first-order valence-electron chi connectivity index (χ1n) is 6.56. The van der Waals surface area contributed by atoms with Gasteiger partial charge in [0.25, 0.3) is 0 Å². The first-order valence-corrected chi connectivity index (χ1v) is 7.35. The molecular formula is C15H20BrN. The minimum absolute atomic E-state index is 0.558. The molecule has 17 heavy (non-hydrogen) atoms. The van der Waals surface area contributed by atoms with Crippen molar-refractivity contribution in [1.82, 2.24) is 5.32 Å². The van der Waals surface area contributed by atoms with Crippen molar-refractivity contribution in [1.29, 1.82) is 0 Å². The van der Waals surface area contributed by atoms with Gasteiger partial charge in [0, 0.05) is 16.6 Å². The summed E-state index contributed by atoms with van der Waals surface area (Å²) in [5.74, 6) is 0.780. The lowest BCUT2D eigenvalue weighted by molar-refractivity contribution is 0.279. The van der Waals surface area contributed by atoms with Crippen molar-refractivity contribution < 1.29 is 0 Å². The van der Waals surface area contributed by atoms with Crippen LogP contribution in [-0.2, 0) is 0 Å². The van der Waals surface area contributed by atoms with Gasteiger partial charge in [-0.05, 0) is 48.3 Å². The van der Waals surface area contributed by atoms with Gasteiger partial charge in [0.2, 0.25) is 0 Å². The zero-order chi connectivity index (χ0) is 12.0. The second kappa shape index (κ2) is 4.10. The standard InChI is InChI=1S/C15H20BrN/c1-15(2)9-14(15)17-13-7-11(8-13)10-3-5-12(16)6-4-10/h3-6,11,13-14,17H,7-9H2,1-2H3. The molecule has 1 unspecified atom stereocenters. The molecule has 0 aliphatic heterocycles. The van der Waals surface area contributed by atoms with Gasteiger partial charge in [-0.2, -0.15) is 0 Å². The Morgan fingerprint density at radius 1 is 1.18 bits per heavy atom. The van der Waals surface area contributed by atoms with Crippen molar-refractivity contribution in [2.24, 2.45) is 5.41 Å². The summed E-state index contributed by atoms with van der Waals surface area (Å²) < 4.78 is 1.18. The fraction of sp³-hybridized carbons (Fsp3) is 0.600. The van der Waals surface area contributed by atoms with Crippen LogP contribution < -0.4 is 5.32 Å². The van der Waals surface area contributed by atoms with E-state index >= 15 is 0 Å². The monoisotopic (exact) mass is 293 g/mol. The topological polar surface area (TPSA) is 12.0 Å². The first kappa shape index (κ1) is 11.7. The highest BCUT2D eigenvalue weighted by Gasteiger charge is 2.47. The Hall–Kier alpha value is -0.340. The molecule has 0 radical (unpaired) electrons. The predicted octanol–water partition coefficient (Wildman–Crippen LogP) is 4.08. The highest BCUT2D eigenvalue weighted by Crippen LogP contribution is 2.47. The molecule has 92 valence electrons. The fourth-order valence-electron chi connectivity index (χ4n) is 2.80. The molecule has 0 aromatic heterocycles. The average Bonchev–Trinajstić information content (AvgIpc) is 2.81. The Bertz CT molecular complexity index is 403. The van der Waals surface area contributed by atoms with E-state index in [0.717, 1.165) is 18.0 Å². The average molecular weight is 294 g/mol. The zero-order valence-electron chi connectivity index (χ0n) is 10.5. The van der Waals surface area contributed by atoms with Gasteiger partial charge >= 0.3 is 0 Å². The van der Waals surface area contributed by atoms with E-state index in [0.29, 0.717) is 5.41 Å². The molecule has 3 rings (SSSR count). The van der Waals surface area contributed by atoms with Gasteiger partial charge in [0.15, 0.2) is 0 Å². The van der Waals surface area contributed by atoms with Crippen LogP contribution in [0.5, 0.6) is 0 Å². The van der Waals surface area contributed by atoms with E-state index in [1.54, 1.807) is 0 Å². The molecule has 0 amide bonds. The molecule has 1 atom stereocenters. The van der Waals surface area contributed by atoms with Gasteiger partial charge < -0.3 is 5.32 Å². The Labute approximate surface area is 112 Å². The van der Waals surface area contributed by atoms with Crippen LogP contribution in [-0.4, -0.2) is 12.1 Å². The summed E-state index contributed by atoms with van der Waals surface area (Å²) in [6.45, 7) is 4.71. The smallest absolute Gasteiger partial charge is 0.0175 e. The lowest BCUT2D eigenvalue weighted by Gasteiger charge is -2.37. The van der Waals surface area contributed by atoms with Crippen LogP contribution in [0.25, 0.3) is 0 Å². The van der Waals surface area contributed by atoms with Crippen molar-refractivity contribution in [3.63, 3.8) is 0 Å². The van der Waals surface area contributed by atoms with Crippen LogP contribution in [0.4, 0.5) is 0 Å². The summed E-state index contributed by atoms with van der Waals surface area (Å²) in [4.78, 5) is 0. The summed E-state index contributed by atoms with van der Waals surface area (Å²) in [6.07, 6.45) is 3.98. The Balaban J connectivity index is 1.50. The van der Waals surface area contributed by atoms with Gasteiger partial charge in [-0.25, -0.2) is 0 Å². The normalized spacial score (nSPS) is 34.2. The number of hydrogen-bond donors (Lipinski definition) is 1. The maximum absolute atomic E-state index is 3.78. The molecule has 0 heterocycles. The molecule has 0 spiro atoms. The molecule has 2 saturated carbocycles. The van der Waals surface area contributed by atoms with E-state index in [9.17, 15) is 0 Å². The second-order valence-corrected chi connectivity index (χ2v) is 7.24. The van der Waals surface area contributed by atoms with Crippen LogP contribution in [0.1, 0.15) is 44.6 Å². The van der Waals surface area contributed by atoms with Crippen molar-refractivity contribution in [3.8, 4) is 0 Å². The van der Waals surface area contributed by atoms with Crippen LogP contribution in [0.2, 0.25) is 0 Å². The number of nitrogens with one attached hydrogen (secondary N) is 1. The maximum atomic E-state index is 3.78. The summed E-state index contributed by atoms with van der Waals surface area (Å²) in [5.41, 5.74) is 2.06. The molecule has 2 aliphatic carbocycles. The summed E-state index contributed by atoms with van der Waals surface area (Å²) >= 11 is 3.49. The zero-order valence-corrected chi connectivity index (χ0v) is 12.1. The summed E-state index contributed by atoms with van der Waals surface area (Å²) in [6, 6.07) is 10.4. The molecular weight excluding hydrogens is 274 g/mol. The number of rotatable bonds is 3. The summed E-state index contributed by atoms with van der Waals surface area (Å²) in [5, 5.41) is 3.78. The predicted molar refractivity (Wildman–Crippen MR) is 75.2 cm³/mol. The Kier molecular flexibility index (Phi) is 2.83. The lowest BCUT2D eigenvalue weighted by Crippen LogP contribution is -2.42. The van der Waals surface area contributed by atoms with E-state index in [1.165, 1.54) is 29.3 Å². The molecule has 0 bridgehead atoms. The minimum atomic E-state index is 0.558. The quantitative estimate of drug-likeness (QED) is 0.885. The van der Waals surface area contributed by atoms with Crippen LogP contribution in [0.3, 0.4) is 0 Å². The van der Waals surface area contributed by atoms with Gasteiger partial charge in [-0.15, -0.1) is 0 Å². The third-order valence-corrected chi connectivity index (χ3v) is 4.96. The third-order valence-electron chi connectivity index (χ3n) is 4.43. The SMILES string of the molecule is CC1(C)CC1NC1CC(c2ccc(Br)cc2)C1. The van der Waals surface area contributed by atoms with Crippen molar-refractivity contribution >= 4 is 15.9 Å². The number of benzene rings is 1. The lowest BCUT2D eigenvalue weighted by atomic mass is 9.76. The third kappa shape index (κ3) is 2.43. The fourth-order valence-corrected chi connectivity index (χ4v) is 3.06. The minimum Gasteiger partial charge on any atom is -0.311 e. The first-order chi connectivity index (χ1) is 8.04. The Morgan fingerprint density at radius 2 is 1.76 bits per heavy atom. The summed E-state index contributed by atoms with van der Waals surface area (Å²) in [7, 11) is 0. The van der Waals surface area contributed by atoms with Crippen molar-refractivity contribution in [3.05, 3.63) is 34.3 Å². The van der Waals surface area contributed by atoms with Crippen LogP contribution in [0.15, 0.2) is 28.7 Å². The van der Waals surface area contributed by atoms with Crippen LogP contribution >= 0.6 is 15.9 Å². The largest absolute Gasteiger partial charge is 0.311 e. The van der Waals surface area contributed by atoms with E-state index in [1.807, 2.05) is 0 Å². The van der Waals surface area contributed by atoms with E-state index in [2.05, 4.69) is 59.4 Å². The molecule has 2 fully saturated rings. The number of halogens is 1. The van der Waals surface area contributed by atoms with Crippen molar-refractivity contribution in [2.45, 2.75) is 51.1 Å². The van der Waals surface area contributed by atoms with Gasteiger partial charge in [0.1, 0.15) is 0 Å².